The van der Waals surface area contributed by atoms with Gasteiger partial charge in [0.05, 0.1) is 42.0 Å². The summed E-state index contributed by atoms with van der Waals surface area (Å²) in [5.41, 5.74) is 6.26. The van der Waals surface area contributed by atoms with Crippen molar-refractivity contribution in [2.24, 2.45) is 0 Å². The molecule has 0 fully saturated rings. The number of aryl methyl sites for hydroxylation is 1. The zero-order valence-electron chi connectivity index (χ0n) is 20.5. The van der Waals surface area contributed by atoms with Gasteiger partial charge in [0.25, 0.3) is 5.91 Å². The summed E-state index contributed by atoms with van der Waals surface area (Å²) in [6, 6.07) is 27.4. The molecular formula is C29H27N5O2. The van der Waals surface area contributed by atoms with Gasteiger partial charge < -0.3 is 10.1 Å². The summed E-state index contributed by atoms with van der Waals surface area (Å²) < 4.78 is 8.97. The molecule has 0 saturated carbocycles. The molecule has 3 aromatic carbocycles. The van der Waals surface area contributed by atoms with Crippen LogP contribution in [0.4, 0.5) is 5.69 Å². The zero-order chi connectivity index (χ0) is 25.1. The first-order valence-electron chi connectivity index (χ1n) is 11.7. The minimum atomic E-state index is -0.233. The fourth-order valence-electron chi connectivity index (χ4n) is 4.22. The topological polar surface area (TPSA) is 74.0 Å². The summed E-state index contributed by atoms with van der Waals surface area (Å²) in [4.78, 5) is 13.6. The molecule has 2 aromatic heterocycles. The molecule has 0 radical (unpaired) electrons. The van der Waals surface area contributed by atoms with Crippen molar-refractivity contribution in [1.29, 1.82) is 0 Å². The highest BCUT2D eigenvalue weighted by molar-refractivity contribution is 6.08. The summed E-state index contributed by atoms with van der Waals surface area (Å²) in [5.74, 6) is 0.564. The van der Waals surface area contributed by atoms with Crippen molar-refractivity contribution in [3.63, 3.8) is 0 Å². The second-order valence-electron chi connectivity index (χ2n) is 8.55. The molecule has 2 heterocycles. The number of benzene rings is 3. The minimum Gasteiger partial charge on any atom is -0.497 e. The van der Waals surface area contributed by atoms with E-state index in [-0.39, 0.29) is 5.91 Å². The van der Waals surface area contributed by atoms with E-state index in [2.05, 4.69) is 10.4 Å². The maximum Gasteiger partial charge on any atom is 0.259 e. The van der Waals surface area contributed by atoms with Crippen LogP contribution < -0.4 is 10.1 Å². The molecule has 5 aromatic rings. The Hall–Kier alpha value is -4.65. The van der Waals surface area contributed by atoms with E-state index >= 15 is 0 Å². The third kappa shape index (κ3) is 4.63. The molecule has 0 atom stereocenters. The Kier molecular flexibility index (Phi) is 6.36. The minimum absolute atomic E-state index is 0.233. The van der Waals surface area contributed by atoms with E-state index in [0.717, 1.165) is 34.0 Å². The predicted octanol–water partition coefficient (Wildman–Crippen LogP) is 5.66. The largest absolute Gasteiger partial charge is 0.497 e. The van der Waals surface area contributed by atoms with Gasteiger partial charge in [0.1, 0.15) is 11.4 Å². The maximum absolute atomic E-state index is 13.6. The second kappa shape index (κ2) is 9.92. The van der Waals surface area contributed by atoms with Crippen molar-refractivity contribution in [3.8, 4) is 22.7 Å². The van der Waals surface area contributed by atoms with Crippen LogP contribution in [0.25, 0.3) is 16.9 Å². The zero-order valence-corrected chi connectivity index (χ0v) is 20.5. The monoisotopic (exact) mass is 477 g/mol. The number of nitrogens with one attached hydrogen (secondary N) is 1. The standard InChI is InChI=1S/C29H27N5O2/c1-20-27(21(2)33(31-20)18-22-11-10-16-25(17-22)36-3)30-29(35)26-19-34(24-14-8-5-9-15-24)32-28(26)23-12-6-4-7-13-23/h4-17,19H,18H2,1-3H3,(H,30,35). The lowest BCUT2D eigenvalue weighted by molar-refractivity contribution is 0.102. The molecule has 0 bridgehead atoms. The van der Waals surface area contributed by atoms with Crippen LogP contribution >= 0.6 is 0 Å². The molecule has 0 saturated heterocycles. The molecule has 0 unspecified atom stereocenters. The third-order valence-electron chi connectivity index (χ3n) is 6.11. The van der Waals surface area contributed by atoms with Gasteiger partial charge in [-0.3, -0.25) is 9.48 Å². The van der Waals surface area contributed by atoms with Crippen molar-refractivity contribution in [2.75, 3.05) is 12.4 Å². The van der Waals surface area contributed by atoms with E-state index in [9.17, 15) is 4.79 Å². The van der Waals surface area contributed by atoms with Gasteiger partial charge in [-0.15, -0.1) is 0 Å². The van der Waals surface area contributed by atoms with Crippen LogP contribution in [0.15, 0.2) is 91.1 Å². The molecular weight excluding hydrogens is 450 g/mol. The first-order chi connectivity index (χ1) is 17.5. The van der Waals surface area contributed by atoms with Gasteiger partial charge in [-0.2, -0.15) is 10.2 Å². The summed E-state index contributed by atoms with van der Waals surface area (Å²) in [5, 5.41) is 12.5. The Morgan fingerprint density at radius 1 is 0.917 bits per heavy atom. The lowest BCUT2D eigenvalue weighted by atomic mass is 10.1. The Balaban J connectivity index is 1.47. The van der Waals surface area contributed by atoms with Gasteiger partial charge in [0.15, 0.2) is 0 Å². The van der Waals surface area contributed by atoms with Crippen molar-refractivity contribution < 1.29 is 9.53 Å². The van der Waals surface area contributed by atoms with Crippen molar-refractivity contribution in [3.05, 3.63) is 114 Å². The molecule has 0 spiro atoms. The average molecular weight is 478 g/mol. The lowest BCUT2D eigenvalue weighted by Gasteiger charge is -2.08. The highest BCUT2D eigenvalue weighted by Crippen LogP contribution is 2.27. The molecule has 180 valence electrons. The normalized spacial score (nSPS) is 10.9. The molecule has 5 rings (SSSR count). The maximum atomic E-state index is 13.6. The van der Waals surface area contributed by atoms with Gasteiger partial charge in [-0.25, -0.2) is 4.68 Å². The Labute approximate surface area is 210 Å². The van der Waals surface area contributed by atoms with Crippen LogP contribution in [0, 0.1) is 13.8 Å². The SMILES string of the molecule is COc1cccc(Cn2nc(C)c(NC(=O)c3cn(-c4ccccc4)nc3-c3ccccc3)c2C)c1. The number of hydrogen-bond donors (Lipinski definition) is 1. The number of carbonyl (C=O) groups is 1. The Bertz CT molecular complexity index is 1500. The van der Waals surface area contributed by atoms with E-state index in [1.54, 1.807) is 18.0 Å². The number of ether oxygens (including phenoxy) is 1. The van der Waals surface area contributed by atoms with Crippen LogP contribution in [-0.2, 0) is 6.54 Å². The number of rotatable bonds is 7. The molecule has 0 aliphatic carbocycles. The highest BCUT2D eigenvalue weighted by atomic mass is 16.5. The molecule has 36 heavy (non-hydrogen) atoms. The first-order valence-corrected chi connectivity index (χ1v) is 11.7. The van der Waals surface area contributed by atoms with E-state index in [1.807, 2.05) is 103 Å². The number of carbonyl (C=O) groups excluding carboxylic acids is 1. The quantitative estimate of drug-likeness (QED) is 0.328. The number of aromatic nitrogens is 4. The molecule has 1 amide bonds. The summed E-state index contributed by atoms with van der Waals surface area (Å²) in [6.45, 7) is 4.43. The lowest BCUT2D eigenvalue weighted by Crippen LogP contribution is -2.14. The number of methoxy groups -OCH3 is 1. The number of nitrogens with zero attached hydrogens (tertiary/aromatic N) is 4. The van der Waals surface area contributed by atoms with E-state index in [0.29, 0.717) is 23.5 Å². The van der Waals surface area contributed by atoms with Crippen LogP contribution in [0.1, 0.15) is 27.3 Å². The van der Waals surface area contributed by atoms with Crippen LogP contribution in [0.5, 0.6) is 5.75 Å². The first kappa shape index (κ1) is 23.1. The third-order valence-corrected chi connectivity index (χ3v) is 6.11. The smallest absolute Gasteiger partial charge is 0.259 e. The average Bonchev–Trinajstić information content (AvgIpc) is 3.47. The molecule has 7 nitrogen and oxygen atoms in total. The number of hydrogen-bond acceptors (Lipinski definition) is 4. The fourth-order valence-corrected chi connectivity index (χ4v) is 4.22. The summed E-state index contributed by atoms with van der Waals surface area (Å²) >= 11 is 0. The predicted molar refractivity (Wildman–Crippen MR) is 141 cm³/mol. The fraction of sp³-hybridized carbons (Fsp3) is 0.138. The van der Waals surface area contributed by atoms with Gasteiger partial charge in [-0.1, -0.05) is 60.7 Å². The van der Waals surface area contributed by atoms with Crippen LogP contribution in [-0.4, -0.2) is 32.6 Å². The number of amides is 1. The van der Waals surface area contributed by atoms with Gasteiger partial charge in [-0.05, 0) is 43.7 Å². The van der Waals surface area contributed by atoms with Crippen molar-refractivity contribution in [1.82, 2.24) is 19.6 Å². The molecule has 1 N–H and O–H groups in total. The van der Waals surface area contributed by atoms with Gasteiger partial charge in [0, 0.05) is 11.8 Å². The summed E-state index contributed by atoms with van der Waals surface area (Å²) in [7, 11) is 1.65. The number of anilines is 1. The van der Waals surface area contributed by atoms with Crippen molar-refractivity contribution >= 4 is 11.6 Å². The van der Waals surface area contributed by atoms with E-state index < -0.39 is 0 Å². The van der Waals surface area contributed by atoms with E-state index in [1.165, 1.54) is 0 Å². The van der Waals surface area contributed by atoms with E-state index in [4.69, 9.17) is 9.84 Å². The van der Waals surface area contributed by atoms with Crippen molar-refractivity contribution in [2.45, 2.75) is 20.4 Å². The molecule has 0 aliphatic rings. The Morgan fingerprint density at radius 2 is 1.64 bits per heavy atom. The number of para-hydroxylation sites is 1. The Morgan fingerprint density at radius 3 is 2.36 bits per heavy atom. The second-order valence-corrected chi connectivity index (χ2v) is 8.55. The van der Waals surface area contributed by atoms with Gasteiger partial charge >= 0.3 is 0 Å². The van der Waals surface area contributed by atoms with Crippen LogP contribution in [0.2, 0.25) is 0 Å². The highest BCUT2D eigenvalue weighted by Gasteiger charge is 2.21. The summed E-state index contributed by atoms with van der Waals surface area (Å²) in [6.07, 6.45) is 1.78. The molecule has 0 aliphatic heterocycles. The van der Waals surface area contributed by atoms with Crippen LogP contribution in [0.3, 0.4) is 0 Å². The van der Waals surface area contributed by atoms with Gasteiger partial charge in [0.2, 0.25) is 0 Å². The molecule has 7 heteroatoms.